The van der Waals surface area contributed by atoms with Crippen molar-refractivity contribution in [1.82, 2.24) is 15.6 Å². The topological polar surface area (TPSA) is 71.1 Å². The summed E-state index contributed by atoms with van der Waals surface area (Å²) in [5, 5.41) is 5.56. The molecule has 1 atom stereocenters. The molecule has 2 N–H and O–H groups in total. The molecule has 6 heteroatoms. The van der Waals surface area contributed by atoms with E-state index in [1.54, 1.807) is 18.3 Å². The molecule has 1 heterocycles. The number of aromatic nitrogens is 1. The summed E-state index contributed by atoms with van der Waals surface area (Å²) in [6, 6.07) is 11.5. The van der Waals surface area contributed by atoms with Crippen LogP contribution in [0.3, 0.4) is 0 Å². The molecule has 0 aliphatic heterocycles. The van der Waals surface area contributed by atoms with Gasteiger partial charge in [0.2, 0.25) is 11.8 Å². The minimum Gasteiger partial charge on any atom is -0.356 e. The van der Waals surface area contributed by atoms with Crippen LogP contribution in [0, 0.1) is 5.82 Å². The van der Waals surface area contributed by atoms with Crippen LogP contribution in [0.1, 0.15) is 30.5 Å². The van der Waals surface area contributed by atoms with Gasteiger partial charge in [-0.2, -0.15) is 0 Å². The van der Waals surface area contributed by atoms with Crippen molar-refractivity contribution < 1.29 is 14.0 Å². The third-order valence-electron chi connectivity index (χ3n) is 3.76. The molecule has 2 amide bonds. The van der Waals surface area contributed by atoms with Gasteiger partial charge in [-0.15, -0.1) is 0 Å². The number of pyridine rings is 1. The third-order valence-corrected chi connectivity index (χ3v) is 3.76. The van der Waals surface area contributed by atoms with Crippen LogP contribution in [0.5, 0.6) is 0 Å². The average molecular weight is 343 g/mol. The van der Waals surface area contributed by atoms with Crippen molar-refractivity contribution in [2.45, 2.75) is 25.7 Å². The minimum atomic E-state index is -0.448. The number of nitrogens with zero attached hydrogens (tertiary/aromatic N) is 1. The molecule has 0 saturated carbocycles. The second-order valence-electron chi connectivity index (χ2n) is 5.76. The predicted octanol–water partition coefficient (Wildman–Crippen LogP) is 2.19. The summed E-state index contributed by atoms with van der Waals surface area (Å²) in [4.78, 5) is 27.7. The lowest BCUT2D eigenvalue weighted by atomic mass is 9.93. The van der Waals surface area contributed by atoms with E-state index in [-0.39, 0.29) is 17.6 Å². The molecule has 132 valence electrons. The molecule has 0 saturated heterocycles. The lowest BCUT2D eigenvalue weighted by Gasteiger charge is -2.17. The molecule has 0 spiro atoms. The normalized spacial score (nSPS) is 11.6. The molecule has 1 aromatic carbocycles. The predicted molar refractivity (Wildman–Crippen MR) is 93.4 cm³/mol. The number of amides is 2. The van der Waals surface area contributed by atoms with E-state index in [2.05, 4.69) is 15.6 Å². The van der Waals surface area contributed by atoms with Gasteiger partial charge in [-0.3, -0.25) is 14.6 Å². The number of carbonyl (C=O) groups is 2. The van der Waals surface area contributed by atoms with Gasteiger partial charge in [0.25, 0.3) is 0 Å². The number of halogens is 1. The zero-order valence-corrected chi connectivity index (χ0v) is 14.2. The highest BCUT2D eigenvalue weighted by molar-refractivity contribution is 5.83. The van der Waals surface area contributed by atoms with Crippen molar-refractivity contribution in [3.63, 3.8) is 0 Å². The van der Waals surface area contributed by atoms with Gasteiger partial charge in [0.15, 0.2) is 0 Å². The molecular formula is C19H22FN3O2. The third kappa shape index (κ3) is 6.33. The maximum atomic E-state index is 13.2. The SMILES string of the molecule is CC(=O)NCCCNC(=O)C(Cc1ccccn1)c1ccc(F)cc1. The highest BCUT2D eigenvalue weighted by Crippen LogP contribution is 2.21. The molecule has 5 nitrogen and oxygen atoms in total. The summed E-state index contributed by atoms with van der Waals surface area (Å²) < 4.78 is 13.2. The molecule has 2 aromatic rings. The monoisotopic (exact) mass is 343 g/mol. The Morgan fingerprint density at radius 2 is 1.80 bits per heavy atom. The van der Waals surface area contributed by atoms with Crippen LogP contribution < -0.4 is 10.6 Å². The van der Waals surface area contributed by atoms with Gasteiger partial charge < -0.3 is 10.6 Å². The fraction of sp³-hybridized carbons (Fsp3) is 0.316. The molecule has 1 unspecified atom stereocenters. The minimum absolute atomic E-state index is 0.0920. The Morgan fingerprint density at radius 3 is 2.44 bits per heavy atom. The van der Waals surface area contributed by atoms with Crippen molar-refractivity contribution >= 4 is 11.8 Å². The van der Waals surface area contributed by atoms with Gasteiger partial charge in [-0.25, -0.2) is 4.39 Å². The number of nitrogens with one attached hydrogen (secondary N) is 2. The Bertz CT molecular complexity index is 690. The van der Waals surface area contributed by atoms with Crippen molar-refractivity contribution in [3.05, 3.63) is 65.7 Å². The van der Waals surface area contributed by atoms with E-state index in [1.807, 2.05) is 18.2 Å². The average Bonchev–Trinajstić information content (AvgIpc) is 2.61. The standard InChI is InChI=1S/C19H22FN3O2/c1-14(24)21-11-4-12-23-19(25)18(13-17-5-2-3-10-22-17)15-6-8-16(20)9-7-15/h2-3,5-10,18H,4,11-13H2,1H3,(H,21,24)(H,23,25). The van der Waals surface area contributed by atoms with Crippen LogP contribution >= 0.6 is 0 Å². The fourth-order valence-corrected chi connectivity index (χ4v) is 2.47. The molecule has 0 aliphatic carbocycles. The van der Waals surface area contributed by atoms with Gasteiger partial charge in [0.1, 0.15) is 5.82 Å². The first-order valence-corrected chi connectivity index (χ1v) is 8.24. The van der Waals surface area contributed by atoms with Crippen LogP contribution in [-0.2, 0) is 16.0 Å². The smallest absolute Gasteiger partial charge is 0.227 e. The van der Waals surface area contributed by atoms with Gasteiger partial charge in [0, 0.05) is 38.3 Å². The molecule has 0 aliphatic rings. The summed E-state index contributed by atoms with van der Waals surface area (Å²) in [6.45, 7) is 2.42. The van der Waals surface area contributed by atoms with Crippen molar-refractivity contribution in [2.75, 3.05) is 13.1 Å². The fourth-order valence-electron chi connectivity index (χ4n) is 2.47. The number of benzene rings is 1. The zero-order chi connectivity index (χ0) is 18.1. The zero-order valence-electron chi connectivity index (χ0n) is 14.2. The molecule has 0 bridgehead atoms. The highest BCUT2D eigenvalue weighted by Gasteiger charge is 2.21. The first-order chi connectivity index (χ1) is 12.1. The van der Waals surface area contributed by atoms with Crippen LogP contribution in [0.4, 0.5) is 4.39 Å². The lowest BCUT2D eigenvalue weighted by Crippen LogP contribution is -2.33. The van der Waals surface area contributed by atoms with E-state index in [9.17, 15) is 14.0 Å². The van der Waals surface area contributed by atoms with Gasteiger partial charge in [0.05, 0.1) is 5.92 Å². The maximum absolute atomic E-state index is 13.2. The Kier molecular flexibility index (Phi) is 7.07. The van der Waals surface area contributed by atoms with Crippen LogP contribution in [0.2, 0.25) is 0 Å². The maximum Gasteiger partial charge on any atom is 0.227 e. The number of carbonyl (C=O) groups excluding carboxylic acids is 2. The first kappa shape index (κ1) is 18.6. The van der Waals surface area contributed by atoms with Crippen molar-refractivity contribution in [2.24, 2.45) is 0 Å². The van der Waals surface area contributed by atoms with E-state index in [0.717, 1.165) is 11.3 Å². The molecule has 2 rings (SSSR count). The van der Waals surface area contributed by atoms with Gasteiger partial charge in [-0.1, -0.05) is 18.2 Å². The van der Waals surface area contributed by atoms with E-state index < -0.39 is 5.92 Å². The van der Waals surface area contributed by atoms with Crippen LogP contribution in [-0.4, -0.2) is 29.9 Å². The van der Waals surface area contributed by atoms with Gasteiger partial charge >= 0.3 is 0 Å². The Labute approximate surface area is 146 Å². The quantitative estimate of drug-likeness (QED) is 0.722. The van der Waals surface area contributed by atoms with Crippen LogP contribution in [0.25, 0.3) is 0 Å². The van der Waals surface area contributed by atoms with Crippen LogP contribution in [0.15, 0.2) is 48.7 Å². The Morgan fingerprint density at radius 1 is 1.08 bits per heavy atom. The number of rotatable bonds is 8. The van der Waals surface area contributed by atoms with E-state index >= 15 is 0 Å². The van der Waals surface area contributed by atoms with Crippen molar-refractivity contribution in [3.8, 4) is 0 Å². The Hall–Kier alpha value is -2.76. The number of hydrogen-bond donors (Lipinski definition) is 2. The summed E-state index contributed by atoms with van der Waals surface area (Å²) in [6.07, 6.45) is 2.76. The molecule has 0 fully saturated rings. The van der Waals surface area contributed by atoms with E-state index in [1.165, 1.54) is 19.1 Å². The summed E-state index contributed by atoms with van der Waals surface area (Å²) >= 11 is 0. The molecule has 25 heavy (non-hydrogen) atoms. The lowest BCUT2D eigenvalue weighted by molar-refractivity contribution is -0.122. The summed E-state index contributed by atoms with van der Waals surface area (Å²) in [5.74, 6) is -1.02. The second kappa shape index (κ2) is 9.52. The first-order valence-electron chi connectivity index (χ1n) is 8.24. The molecule has 1 aromatic heterocycles. The van der Waals surface area contributed by atoms with Gasteiger partial charge in [-0.05, 0) is 36.2 Å². The molecule has 0 radical (unpaired) electrons. The van der Waals surface area contributed by atoms with E-state index in [0.29, 0.717) is 25.9 Å². The highest BCUT2D eigenvalue weighted by atomic mass is 19.1. The second-order valence-corrected chi connectivity index (χ2v) is 5.76. The number of hydrogen-bond acceptors (Lipinski definition) is 3. The van der Waals surface area contributed by atoms with Crippen molar-refractivity contribution in [1.29, 1.82) is 0 Å². The molecular weight excluding hydrogens is 321 g/mol. The van der Waals surface area contributed by atoms with E-state index in [4.69, 9.17) is 0 Å². The Balaban J connectivity index is 2.01. The largest absolute Gasteiger partial charge is 0.356 e. The summed E-state index contributed by atoms with van der Waals surface area (Å²) in [5.41, 5.74) is 1.54. The summed E-state index contributed by atoms with van der Waals surface area (Å²) in [7, 11) is 0.